The maximum absolute atomic E-state index is 13.6. The van der Waals surface area contributed by atoms with E-state index in [-0.39, 0.29) is 10.9 Å². The summed E-state index contributed by atoms with van der Waals surface area (Å²) < 4.78 is 37.2. The van der Waals surface area contributed by atoms with E-state index in [1.165, 1.54) is 5.56 Å². The molecule has 1 atom stereocenters. The van der Waals surface area contributed by atoms with Crippen LogP contribution in [-0.4, -0.2) is 28.0 Å². The zero-order chi connectivity index (χ0) is 18.1. The smallest absolute Gasteiger partial charge is 0.207 e. The predicted octanol–water partition coefficient (Wildman–Crippen LogP) is 4.31. The van der Waals surface area contributed by atoms with Crippen LogP contribution < -0.4 is 0 Å². The van der Waals surface area contributed by atoms with E-state index in [1.54, 1.807) is 22.5 Å². The summed E-state index contributed by atoms with van der Waals surface area (Å²) in [5.41, 5.74) is 3.35. The Balaban J connectivity index is 1.81. The average molecular weight is 388 g/mol. The molecule has 1 aliphatic rings. The summed E-state index contributed by atoms with van der Waals surface area (Å²) in [6, 6.07) is 13.3. The molecule has 5 nitrogen and oxygen atoms in total. The van der Waals surface area contributed by atoms with Crippen LogP contribution in [0.3, 0.4) is 0 Å². The van der Waals surface area contributed by atoms with E-state index in [0.29, 0.717) is 17.6 Å². The standard InChI is InChI=1S/C19H21N3O2S2/c1-14-9-11-15(12-10-14)17-7-3-2-4-13-22(17)26(23,24)18-8-5-6-16-19(18)21-25-20-16/h5-6,8-12,17H,2-4,7,13H2,1H3/t17-/m0/s1. The first-order valence-corrected chi connectivity index (χ1v) is 11.0. The molecule has 1 aliphatic heterocycles. The van der Waals surface area contributed by atoms with Crippen molar-refractivity contribution in [2.24, 2.45) is 0 Å². The first-order chi connectivity index (χ1) is 12.6. The van der Waals surface area contributed by atoms with Gasteiger partial charge in [-0.3, -0.25) is 0 Å². The molecule has 0 aliphatic carbocycles. The van der Waals surface area contributed by atoms with Crippen LogP contribution >= 0.6 is 11.7 Å². The number of nitrogens with zero attached hydrogens (tertiary/aromatic N) is 3. The Morgan fingerprint density at radius 3 is 2.65 bits per heavy atom. The molecule has 2 heterocycles. The van der Waals surface area contributed by atoms with Crippen molar-refractivity contribution < 1.29 is 8.42 Å². The van der Waals surface area contributed by atoms with E-state index in [0.717, 1.165) is 43.0 Å². The van der Waals surface area contributed by atoms with Gasteiger partial charge in [-0.1, -0.05) is 48.7 Å². The minimum Gasteiger partial charge on any atom is -0.207 e. The SMILES string of the molecule is Cc1ccc([C@@H]2CCCCCN2S(=O)(=O)c2cccc3nsnc23)cc1. The number of benzene rings is 2. The number of aromatic nitrogens is 2. The van der Waals surface area contributed by atoms with Crippen LogP contribution in [0.1, 0.15) is 42.9 Å². The molecule has 0 unspecified atom stereocenters. The Hall–Kier alpha value is -1.83. The van der Waals surface area contributed by atoms with E-state index < -0.39 is 10.0 Å². The summed E-state index contributed by atoms with van der Waals surface area (Å²) in [5.74, 6) is 0. The summed E-state index contributed by atoms with van der Waals surface area (Å²) in [6.45, 7) is 2.58. The quantitative estimate of drug-likeness (QED) is 0.672. The monoisotopic (exact) mass is 387 g/mol. The summed E-state index contributed by atoms with van der Waals surface area (Å²) in [6.07, 6.45) is 3.81. The zero-order valence-corrected chi connectivity index (χ0v) is 16.3. The van der Waals surface area contributed by atoms with Gasteiger partial charge < -0.3 is 0 Å². The van der Waals surface area contributed by atoms with Gasteiger partial charge >= 0.3 is 0 Å². The normalized spacial score (nSPS) is 19.5. The molecule has 0 bridgehead atoms. The third-order valence-corrected chi connectivity index (χ3v) is 7.48. The number of hydrogen-bond donors (Lipinski definition) is 0. The highest BCUT2D eigenvalue weighted by Crippen LogP contribution is 2.36. The largest absolute Gasteiger partial charge is 0.245 e. The molecule has 0 N–H and O–H groups in total. The van der Waals surface area contributed by atoms with Gasteiger partial charge in [0.2, 0.25) is 10.0 Å². The Kier molecular flexibility index (Phi) is 4.77. The summed E-state index contributed by atoms with van der Waals surface area (Å²) in [4.78, 5) is 0.266. The van der Waals surface area contributed by atoms with Crippen molar-refractivity contribution in [1.29, 1.82) is 0 Å². The van der Waals surface area contributed by atoms with Crippen molar-refractivity contribution in [1.82, 2.24) is 13.1 Å². The molecule has 4 rings (SSSR count). The third kappa shape index (κ3) is 3.15. The Labute approximate surface area is 158 Å². The second kappa shape index (κ2) is 7.06. The fourth-order valence-electron chi connectivity index (χ4n) is 3.61. The van der Waals surface area contributed by atoms with Crippen molar-refractivity contribution in [2.75, 3.05) is 6.54 Å². The molecular weight excluding hydrogens is 366 g/mol. The average Bonchev–Trinajstić information content (AvgIpc) is 2.98. The lowest BCUT2D eigenvalue weighted by atomic mass is 10.0. The Bertz CT molecular complexity index is 1010. The van der Waals surface area contributed by atoms with Crippen LogP contribution in [0.2, 0.25) is 0 Å². The number of aryl methyl sites for hydroxylation is 1. The van der Waals surface area contributed by atoms with Crippen LogP contribution in [-0.2, 0) is 10.0 Å². The highest BCUT2D eigenvalue weighted by atomic mass is 32.2. The number of hydrogen-bond acceptors (Lipinski definition) is 5. The lowest BCUT2D eigenvalue weighted by Gasteiger charge is -2.29. The van der Waals surface area contributed by atoms with Crippen molar-refractivity contribution in [3.05, 3.63) is 53.6 Å². The first kappa shape index (κ1) is 17.6. The van der Waals surface area contributed by atoms with Crippen LogP contribution in [0.4, 0.5) is 0 Å². The van der Waals surface area contributed by atoms with Gasteiger partial charge in [-0.05, 0) is 37.5 Å². The second-order valence-corrected chi connectivity index (χ2v) is 9.17. The van der Waals surface area contributed by atoms with Crippen LogP contribution in [0.15, 0.2) is 47.4 Å². The van der Waals surface area contributed by atoms with E-state index in [1.807, 2.05) is 6.92 Å². The van der Waals surface area contributed by atoms with Crippen molar-refractivity contribution >= 4 is 32.8 Å². The summed E-state index contributed by atoms with van der Waals surface area (Å²) >= 11 is 1.05. The molecule has 0 amide bonds. The lowest BCUT2D eigenvalue weighted by Crippen LogP contribution is -2.35. The number of sulfonamides is 1. The lowest BCUT2D eigenvalue weighted by molar-refractivity contribution is 0.329. The van der Waals surface area contributed by atoms with Gasteiger partial charge in [-0.25, -0.2) is 8.42 Å². The maximum Gasteiger partial charge on any atom is 0.245 e. The van der Waals surface area contributed by atoms with Gasteiger partial charge in [0, 0.05) is 6.54 Å². The molecule has 0 saturated carbocycles. The molecule has 1 fully saturated rings. The second-order valence-electron chi connectivity index (χ2n) is 6.78. The van der Waals surface area contributed by atoms with Crippen LogP contribution in [0.25, 0.3) is 11.0 Å². The molecule has 7 heteroatoms. The van der Waals surface area contributed by atoms with Gasteiger partial charge in [0.1, 0.15) is 15.9 Å². The molecule has 1 aromatic heterocycles. The fourth-order valence-corrected chi connectivity index (χ4v) is 6.04. The minimum absolute atomic E-state index is 0.134. The molecule has 1 saturated heterocycles. The minimum atomic E-state index is -3.65. The van der Waals surface area contributed by atoms with E-state index in [9.17, 15) is 8.42 Å². The van der Waals surface area contributed by atoms with Crippen molar-refractivity contribution in [3.8, 4) is 0 Å². The number of fused-ring (bicyclic) bond motifs is 1. The van der Waals surface area contributed by atoms with Crippen LogP contribution in [0.5, 0.6) is 0 Å². The third-order valence-electron chi connectivity index (χ3n) is 5.00. The van der Waals surface area contributed by atoms with Gasteiger partial charge in [0.15, 0.2) is 0 Å². The highest BCUT2D eigenvalue weighted by Gasteiger charge is 2.34. The molecule has 0 radical (unpaired) electrons. The summed E-state index contributed by atoms with van der Waals surface area (Å²) in [7, 11) is -3.65. The molecular formula is C19H21N3O2S2. The zero-order valence-electron chi connectivity index (χ0n) is 14.6. The molecule has 26 heavy (non-hydrogen) atoms. The topological polar surface area (TPSA) is 63.2 Å². The maximum atomic E-state index is 13.6. The van der Waals surface area contributed by atoms with Gasteiger partial charge in [-0.15, -0.1) is 0 Å². The van der Waals surface area contributed by atoms with Gasteiger partial charge in [-0.2, -0.15) is 13.1 Å². The van der Waals surface area contributed by atoms with Gasteiger partial charge in [0.05, 0.1) is 17.8 Å². The Morgan fingerprint density at radius 1 is 1.04 bits per heavy atom. The summed E-state index contributed by atoms with van der Waals surface area (Å²) in [5, 5.41) is 0. The molecule has 136 valence electrons. The van der Waals surface area contributed by atoms with E-state index in [2.05, 4.69) is 33.0 Å². The van der Waals surface area contributed by atoms with Crippen LogP contribution in [0, 0.1) is 6.92 Å². The van der Waals surface area contributed by atoms with E-state index >= 15 is 0 Å². The molecule has 0 spiro atoms. The van der Waals surface area contributed by atoms with Gasteiger partial charge in [0.25, 0.3) is 0 Å². The molecule has 3 aromatic rings. The van der Waals surface area contributed by atoms with Crippen molar-refractivity contribution in [2.45, 2.75) is 43.5 Å². The molecule has 2 aromatic carbocycles. The first-order valence-electron chi connectivity index (χ1n) is 8.87. The highest BCUT2D eigenvalue weighted by molar-refractivity contribution is 7.89. The van der Waals surface area contributed by atoms with E-state index in [4.69, 9.17) is 0 Å². The Morgan fingerprint density at radius 2 is 1.85 bits per heavy atom. The fraction of sp³-hybridized carbons (Fsp3) is 0.368. The van der Waals surface area contributed by atoms with Crippen molar-refractivity contribution in [3.63, 3.8) is 0 Å². The predicted molar refractivity (Wildman–Crippen MR) is 104 cm³/mol. The number of rotatable bonds is 3.